The predicted octanol–water partition coefficient (Wildman–Crippen LogP) is 12.8. The molecule has 0 saturated heterocycles. The van der Waals surface area contributed by atoms with Gasteiger partial charge in [0, 0.05) is 33.0 Å². The highest BCUT2D eigenvalue weighted by Crippen LogP contribution is 2.64. The maximum absolute atomic E-state index is 7.04. The molecule has 260 valence electrons. The van der Waals surface area contributed by atoms with Crippen molar-refractivity contribution in [2.45, 2.75) is 5.41 Å². The molecule has 0 bridgehead atoms. The summed E-state index contributed by atoms with van der Waals surface area (Å²) in [4.78, 5) is 15.2. The zero-order valence-corrected chi connectivity index (χ0v) is 30.1. The van der Waals surface area contributed by atoms with Gasteiger partial charge in [-0.3, -0.25) is 0 Å². The number of furan rings is 1. The van der Waals surface area contributed by atoms with Crippen molar-refractivity contribution in [3.63, 3.8) is 0 Å². The Morgan fingerprint density at radius 2 is 0.911 bits per heavy atom. The number of rotatable bonds is 4. The lowest BCUT2D eigenvalue weighted by atomic mass is 9.70. The van der Waals surface area contributed by atoms with Gasteiger partial charge >= 0.3 is 0 Å². The van der Waals surface area contributed by atoms with E-state index in [1.165, 1.54) is 50.1 Å². The average Bonchev–Trinajstić information content (AvgIpc) is 3.91. The van der Waals surface area contributed by atoms with E-state index in [-0.39, 0.29) is 0 Å². The van der Waals surface area contributed by atoms with E-state index in [0.29, 0.717) is 17.5 Å². The van der Waals surface area contributed by atoms with E-state index in [2.05, 4.69) is 121 Å². The molecule has 4 nitrogen and oxygen atoms in total. The van der Waals surface area contributed by atoms with Crippen molar-refractivity contribution < 1.29 is 4.42 Å². The number of benzene rings is 8. The first-order valence-corrected chi connectivity index (χ1v) is 19.0. The highest BCUT2D eigenvalue weighted by molar-refractivity contribution is 6.17. The Kier molecular flexibility index (Phi) is 6.52. The Morgan fingerprint density at radius 3 is 1.61 bits per heavy atom. The van der Waals surface area contributed by atoms with Crippen LogP contribution in [-0.2, 0) is 5.41 Å². The molecule has 0 N–H and O–H groups in total. The Labute approximate surface area is 323 Å². The maximum Gasteiger partial charge on any atom is 0.164 e. The van der Waals surface area contributed by atoms with E-state index < -0.39 is 5.41 Å². The molecular weight excluding hydrogens is 683 g/mol. The molecule has 4 heteroatoms. The van der Waals surface area contributed by atoms with Crippen molar-refractivity contribution in [3.05, 3.63) is 210 Å². The van der Waals surface area contributed by atoms with Crippen molar-refractivity contribution in [3.8, 4) is 67.5 Å². The van der Waals surface area contributed by atoms with Crippen LogP contribution in [0, 0.1) is 0 Å². The van der Waals surface area contributed by atoms with Gasteiger partial charge < -0.3 is 4.42 Å². The minimum absolute atomic E-state index is 0.512. The standard InChI is InChI=1S/C52H31N3O/c1-4-15-32(16-5-1)35-27-28-37-36-21-10-12-24-41(36)52(44(37)31-35)42-25-13-11-22-38(42)47-43(52)30-29-39-46-40(23-14-26-45(46)56-48(39)47)51-54-49(33-17-6-2-7-18-33)53-50(55-51)34-19-8-3-9-20-34/h1-31H. The molecule has 2 aromatic heterocycles. The fraction of sp³-hybridized carbons (Fsp3) is 0.0192. The summed E-state index contributed by atoms with van der Waals surface area (Å²) >= 11 is 0. The SMILES string of the molecule is c1ccc(-c2ccc3c(c2)C2(c4ccccc4-3)c3ccccc3-c3c2ccc2c3oc3cccc(-c4nc(-c5ccccc5)nc(-c5ccccc5)n4)c32)cc1. The van der Waals surface area contributed by atoms with Crippen LogP contribution in [0.1, 0.15) is 22.3 Å². The Hall–Kier alpha value is -7.43. The summed E-state index contributed by atoms with van der Waals surface area (Å²) in [5.74, 6) is 1.87. The molecule has 1 unspecified atom stereocenters. The smallest absolute Gasteiger partial charge is 0.164 e. The summed E-state index contributed by atoms with van der Waals surface area (Å²) in [5, 5.41) is 2.03. The van der Waals surface area contributed by atoms with E-state index in [0.717, 1.165) is 44.2 Å². The summed E-state index contributed by atoms with van der Waals surface area (Å²) in [7, 11) is 0. The summed E-state index contributed by atoms with van der Waals surface area (Å²) in [5.41, 5.74) is 16.3. The number of aromatic nitrogens is 3. The van der Waals surface area contributed by atoms with Crippen molar-refractivity contribution in [1.82, 2.24) is 15.0 Å². The maximum atomic E-state index is 7.04. The van der Waals surface area contributed by atoms with Crippen molar-refractivity contribution in [2.24, 2.45) is 0 Å². The third-order valence-corrected chi connectivity index (χ3v) is 11.8. The summed E-state index contributed by atoms with van der Waals surface area (Å²) < 4.78 is 7.04. The van der Waals surface area contributed by atoms with Crippen LogP contribution in [0.25, 0.3) is 89.5 Å². The van der Waals surface area contributed by atoms with Gasteiger partial charge in [-0.15, -0.1) is 0 Å². The molecule has 0 amide bonds. The minimum atomic E-state index is -0.512. The third-order valence-electron chi connectivity index (χ3n) is 11.8. The Bertz CT molecular complexity index is 3130. The molecule has 2 aliphatic carbocycles. The lowest BCUT2D eigenvalue weighted by molar-refractivity contribution is 0.669. The van der Waals surface area contributed by atoms with Gasteiger partial charge in [-0.1, -0.05) is 176 Å². The third kappa shape index (κ3) is 4.27. The summed E-state index contributed by atoms with van der Waals surface area (Å²) in [6, 6.07) is 66.6. The van der Waals surface area contributed by atoms with E-state index >= 15 is 0 Å². The van der Waals surface area contributed by atoms with Crippen LogP contribution in [0.2, 0.25) is 0 Å². The van der Waals surface area contributed by atoms with Crippen LogP contribution in [0.5, 0.6) is 0 Å². The molecule has 8 aromatic carbocycles. The first-order chi connectivity index (χ1) is 27.8. The largest absolute Gasteiger partial charge is 0.455 e. The molecule has 1 atom stereocenters. The summed E-state index contributed by atoms with van der Waals surface area (Å²) in [6.07, 6.45) is 0. The molecule has 1 spiro atoms. The quantitative estimate of drug-likeness (QED) is 0.182. The molecule has 10 aromatic rings. The van der Waals surface area contributed by atoms with Crippen LogP contribution in [0.4, 0.5) is 0 Å². The van der Waals surface area contributed by atoms with Crippen LogP contribution >= 0.6 is 0 Å². The van der Waals surface area contributed by atoms with E-state index in [1.807, 2.05) is 66.7 Å². The second-order valence-electron chi connectivity index (χ2n) is 14.7. The molecule has 2 heterocycles. The highest BCUT2D eigenvalue weighted by Gasteiger charge is 2.52. The van der Waals surface area contributed by atoms with Crippen LogP contribution < -0.4 is 0 Å². The summed E-state index contributed by atoms with van der Waals surface area (Å²) in [6.45, 7) is 0. The van der Waals surface area contributed by atoms with Gasteiger partial charge in [0.05, 0.1) is 5.41 Å². The predicted molar refractivity (Wildman–Crippen MR) is 225 cm³/mol. The molecule has 12 rings (SSSR count). The first kappa shape index (κ1) is 31.0. The molecule has 0 aliphatic heterocycles. The van der Waals surface area contributed by atoms with Gasteiger partial charge in [-0.05, 0) is 62.2 Å². The second-order valence-corrected chi connectivity index (χ2v) is 14.7. The molecule has 0 radical (unpaired) electrons. The molecular formula is C52H31N3O. The van der Waals surface area contributed by atoms with Gasteiger partial charge in [-0.25, -0.2) is 15.0 Å². The van der Waals surface area contributed by atoms with E-state index in [4.69, 9.17) is 19.4 Å². The first-order valence-electron chi connectivity index (χ1n) is 19.0. The Morgan fingerprint density at radius 1 is 0.357 bits per heavy atom. The average molecular weight is 714 g/mol. The van der Waals surface area contributed by atoms with Gasteiger partial charge in [-0.2, -0.15) is 0 Å². The van der Waals surface area contributed by atoms with Crippen LogP contribution in [0.15, 0.2) is 192 Å². The molecule has 0 saturated carbocycles. The van der Waals surface area contributed by atoms with Crippen LogP contribution in [-0.4, -0.2) is 15.0 Å². The second kappa shape index (κ2) is 11.8. The lowest BCUT2D eigenvalue weighted by Gasteiger charge is -2.30. The van der Waals surface area contributed by atoms with E-state index in [9.17, 15) is 0 Å². The zero-order valence-electron chi connectivity index (χ0n) is 30.1. The fourth-order valence-corrected chi connectivity index (χ4v) is 9.43. The number of hydrogen-bond acceptors (Lipinski definition) is 4. The number of hydrogen-bond donors (Lipinski definition) is 0. The lowest BCUT2D eigenvalue weighted by Crippen LogP contribution is -2.25. The normalized spacial score (nSPS) is 14.9. The van der Waals surface area contributed by atoms with Crippen molar-refractivity contribution in [2.75, 3.05) is 0 Å². The van der Waals surface area contributed by atoms with Crippen molar-refractivity contribution in [1.29, 1.82) is 0 Å². The number of fused-ring (bicyclic) bond motifs is 14. The highest BCUT2D eigenvalue weighted by atomic mass is 16.3. The molecule has 0 fully saturated rings. The van der Waals surface area contributed by atoms with Gasteiger partial charge in [0.25, 0.3) is 0 Å². The van der Waals surface area contributed by atoms with Gasteiger partial charge in [0.2, 0.25) is 0 Å². The fourth-order valence-electron chi connectivity index (χ4n) is 9.43. The monoisotopic (exact) mass is 713 g/mol. The van der Waals surface area contributed by atoms with Gasteiger partial charge in [0.15, 0.2) is 17.5 Å². The Balaban J connectivity index is 1.13. The number of nitrogens with zero attached hydrogens (tertiary/aromatic N) is 3. The topological polar surface area (TPSA) is 51.8 Å². The van der Waals surface area contributed by atoms with Crippen LogP contribution in [0.3, 0.4) is 0 Å². The molecule has 56 heavy (non-hydrogen) atoms. The van der Waals surface area contributed by atoms with Crippen molar-refractivity contribution >= 4 is 21.9 Å². The zero-order chi connectivity index (χ0) is 36.8. The molecule has 2 aliphatic rings. The minimum Gasteiger partial charge on any atom is -0.455 e. The van der Waals surface area contributed by atoms with E-state index in [1.54, 1.807) is 0 Å². The van der Waals surface area contributed by atoms with Gasteiger partial charge in [0.1, 0.15) is 11.2 Å².